The Morgan fingerprint density at radius 1 is 0.615 bits per heavy atom. The first kappa shape index (κ1) is 15.9. The summed E-state index contributed by atoms with van der Waals surface area (Å²) in [6.07, 6.45) is 0. The zero-order valence-electron chi connectivity index (χ0n) is 14.0. The van der Waals surface area contributed by atoms with Crippen LogP contribution in [-0.2, 0) is 0 Å². The number of hydrogen-bond donors (Lipinski definition) is 0. The lowest BCUT2D eigenvalue weighted by atomic mass is 9.94. The second-order valence-corrected chi connectivity index (χ2v) is 6.02. The lowest BCUT2D eigenvalue weighted by Gasteiger charge is -2.21. The normalized spacial score (nSPS) is 10.6. The minimum absolute atomic E-state index is 0.356. The van der Waals surface area contributed by atoms with E-state index in [1.807, 2.05) is 91.0 Å². The van der Waals surface area contributed by atoms with Gasteiger partial charge >= 0.3 is 0 Å². The van der Waals surface area contributed by atoms with E-state index in [-0.39, 0.29) is 0 Å². The van der Waals surface area contributed by atoms with Crippen LogP contribution in [-0.4, -0.2) is 4.73 Å². The van der Waals surface area contributed by atoms with E-state index in [0.29, 0.717) is 16.0 Å². The molecule has 3 nitrogen and oxygen atoms in total. The van der Waals surface area contributed by atoms with Crippen LogP contribution in [0, 0.1) is 5.21 Å². The fourth-order valence-electron chi connectivity index (χ4n) is 3.13. The fourth-order valence-corrected chi connectivity index (χ4v) is 3.13. The van der Waals surface area contributed by atoms with Crippen LogP contribution in [0.2, 0.25) is 0 Å². The van der Waals surface area contributed by atoms with Gasteiger partial charge in [-0.1, -0.05) is 91.0 Å². The first-order valence-corrected chi connectivity index (χ1v) is 8.39. The molecule has 0 radical (unpaired) electrons. The Morgan fingerprint density at radius 3 is 1.62 bits per heavy atom. The average molecular weight is 338 g/mol. The van der Waals surface area contributed by atoms with Gasteiger partial charge in [-0.2, -0.15) is 0 Å². The Kier molecular flexibility index (Phi) is 4.12. The summed E-state index contributed by atoms with van der Waals surface area (Å²) in [4.78, 5) is 13.0. The van der Waals surface area contributed by atoms with Crippen LogP contribution >= 0.6 is 0 Å². The highest BCUT2D eigenvalue weighted by molar-refractivity contribution is 5.85. The first-order valence-electron chi connectivity index (χ1n) is 8.39. The Morgan fingerprint density at radius 2 is 1.08 bits per heavy atom. The van der Waals surface area contributed by atoms with Gasteiger partial charge in [0.25, 0.3) is 5.56 Å². The predicted molar refractivity (Wildman–Crippen MR) is 106 cm³/mol. The van der Waals surface area contributed by atoms with Crippen molar-refractivity contribution in [1.29, 1.82) is 0 Å². The van der Waals surface area contributed by atoms with Crippen LogP contribution in [0.15, 0.2) is 102 Å². The largest absolute Gasteiger partial charge is 0.803 e. The van der Waals surface area contributed by atoms with Crippen molar-refractivity contribution in [2.75, 3.05) is 0 Å². The molecule has 1 aromatic heterocycles. The van der Waals surface area contributed by atoms with E-state index < -0.39 is 5.56 Å². The van der Waals surface area contributed by atoms with Gasteiger partial charge < -0.3 is 9.94 Å². The summed E-state index contributed by atoms with van der Waals surface area (Å²) < 4.78 is 0.490. The smallest absolute Gasteiger partial charge is 0.254 e. The average Bonchev–Trinajstić information content (AvgIpc) is 2.72. The molecule has 0 atom stereocenters. The molecule has 0 spiro atoms. The molecule has 0 bridgehead atoms. The molecule has 26 heavy (non-hydrogen) atoms. The van der Waals surface area contributed by atoms with Crippen LogP contribution in [0.1, 0.15) is 0 Å². The van der Waals surface area contributed by atoms with Crippen molar-refractivity contribution in [1.82, 2.24) is 4.73 Å². The molecule has 0 amide bonds. The zero-order valence-corrected chi connectivity index (χ0v) is 14.0. The molecule has 1 heterocycles. The number of hydrogen-bond acceptors (Lipinski definition) is 2. The lowest BCUT2D eigenvalue weighted by molar-refractivity contribution is 1.02. The summed E-state index contributed by atoms with van der Waals surface area (Å²) in [5.41, 5.74) is 3.35. The SMILES string of the molecule is O=c1c(-c2ccccc2)c(-c2ccccc2)cc(-c2ccccc2)n1[O-]. The highest BCUT2D eigenvalue weighted by Gasteiger charge is 2.15. The van der Waals surface area contributed by atoms with Crippen LogP contribution in [0.25, 0.3) is 33.5 Å². The van der Waals surface area contributed by atoms with E-state index in [4.69, 9.17) is 0 Å². The number of benzene rings is 3. The third-order valence-corrected chi connectivity index (χ3v) is 4.38. The maximum absolute atomic E-state index is 13.0. The van der Waals surface area contributed by atoms with Gasteiger partial charge in [-0.3, -0.25) is 4.79 Å². The number of rotatable bonds is 3. The molecule has 4 rings (SSSR count). The van der Waals surface area contributed by atoms with Gasteiger partial charge in [0, 0.05) is 5.69 Å². The van der Waals surface area contributed by atoms with Crippen LogP contribution < -0.4 is 5.56 Å². The number of pyridine rings is 1. The van der Waals surface area contributed by atoms with Crippen LogP contribution in [0.4, 0.5) is 0 Å². The molecule has 0 aliphatic carbocycles. The van der Waals surface area contributed by atoms with Gasteiger partial charge in [-0.25, -0.2) is 0 Å². The monoisotopic (exact) mass is 338 g/mol. The summed E-state index contributed by atoms with van der Waals surface area (Å²) in [5, 5.41) is 12.8. The van der Waals surface area contributed by atoms with Crippen molar-refractivity contribution >= 4 is 0 Å². The van der Waals surface area contributed by atoms with E-state index in [2.05, 4.69) is 0 Å². The highest BCUT2D eigenvalue weighted by Crippen LogP contribution is 2.32. The minimum Gasteiger partial charge on any atom is -0.803 e. The van der Waals surface area contributed by atoms with Crippen molar-refractivity contribution in [2.24, 2.45) is 0 Å². The highest BCUT2D eigenvalue weighted by atomic mass is 16.5. The van der Waals surface area contributed by atoms with Crippen molar-refractivity contribution in [2.45, 2.75) is 0 Å². The molecule has 0 saturated carbocycles. The van der Waals surface area contributed by atoms with Gasteiger partial charge in [0.2, 0.25) is 0 Å². The summed E-state index contributed by atoms with van der Waals surface area (Å²) in [7, 11) is 0. The van der Waals surface area contributed by atoms with Crippen molar-refractivity contribution < 1.29 is 0 Å². The topological polar surface area (TPSA) is 45.1 Å². The minimum atomic E-state index is -0.545. The Labute approximate surface area is 151 Å². The van der Waals surface area contributed by atoms with Gasteiger partial charge in [0.15, 0.2) is 0 Å². The third kappa shape index (κ3) is 2.80. The van der Waals surface area contributed by atoms with Gasteiger partial charge in [0.05, 0.1) is 5.56 Å². The van der Waals surface area contributed by atoms with Gasteiger partial charge in [-0.15, -0.1) is 0 Å². The summed E-state index contributed by atoms with van der Waals surface area (Å²) >= 11 is 0. The molecular formula is C23H16NO2-. The quantitative estimate of drug-likeness (QED) is 0.516. The third-order valence-electron chi connectivity index (χ3n) is 4.38. The van der Waals surface area contributed by atoms with Crippen LogP contribution in [0.5, 0.6) is 0 Å². The first-order chi connectivity index (χ1) is 12.8. The second-order valence-electron chi connectivity index (χ2n) is 6.02. The summed E-state index contributed by atoms with van der Waals surface area (Å²) in [5.74, 6) is 0. The summed E-state index contributed by atoms with van der Waals surface area (Å²) in [6.45, 7) is 0. The summed E-state index contributed by atoms with van der Waals surface area (Å²) in [6, 6.07) is 30.1. The lowest BCUT2D eigenvalue weighted by Crippen LogP contribution is -2.20. The molecular weight excluding hydrogens is 322 g/mol. The number of aromatic nitrogens is 1. The molecule has 0 aliphatic heterocycles. The van der Waals surface area contributed by atoms with Crippen molar-refractivity contribution in [3.05, 3.63) is 113 Å². The van der Waals surface area contributed by atoms with Gasteiger partial charge in [0.1, 0.15) is 0 Å². The second kappa shape index (κ2) is 6.73. The van der Waals surface area contributed by atoms with Gasteiger partial charge in [-0.05, 0) is 28.3 Å². The molecule has 0 N–H and O–H groups in total. The molecule has 0 saturated heterocycles. The molecule has 0 fully saturated rings. The van der Waals surface area contributed by atoms with E-state index in [1.54, 1.807) is 6.07 Å². The van der Waals surface area contributed by atoms with E-state index >= 15 is 0 Å². The van der Waals surface area contributed by atoms with E-state index in [0.717, 1.165) is 22.3 Å². The molecule has 126 valence electrons. The standard InChI is InChI=1S/C23H16NO2/c25-23-22(19-14-8-3-9-15-19)20(17-10-4-1-5-11-17)16-21(24(23)26)18-12-6-2-7-13-18/h1-16H/q-1. The van der Waals surface area contributed by atoms with Crippen molar-refractivity contribution in [3.8, 4) is 33.5 Å². The maximum atomic E-state index is 13.0. The predicted octanol–water partition coefficient (Wildman–Crippen LogP) is 5.20. The van der Waals surface area contributed by atoms with E-state index in [9.17, 15) is 10.0 Å². The Bertz CT molecular complexity index is 1090. The fraction of sp³-hybridized carbons (Fsp3) is 0. The Hall–Kier alpha value is -3.59. The van der Waals surface area contributed by atoms with Crippen molar-refractivity contribution in [3.63, 3.8) is 0 Å². The van der Waals surface area contributed by atoms with E-state index in [1.165, 1.54) is 0 Å². The molecule has 3 aromatic carbocycles. The molecule has 0 aliphatic rings. The molecule has 0 unspecified atom stereocenters. The maximum Gasteiger partial charge on any atom is 0.254 e. The molecule has 4 aromatic rings. The zero-order chi connectivity index (χ0) is 17.9. The van der Waals surface area contributed by atoms with Crippen LogP contribution in [0.3, 0.4) is 0 Å². The Balaban J connectivity index is 2.07. The number of nitrogens with zero attached hydrogens (tertiary/aromatic N) is 1. The molecule has 3 heteroatoms.